The number of para-hydroxylation sites is 1. The molecular weight excluding hydrogens is 535 g/mol. The summed E-state index contributed by atoms with van der Waals surface area (Å²) in [5.41, 5.74) is 1.26. The van der Waals surface area contributed by atoms with E-state index in [-0.39, 0.29) is 22.0 Å². The molecule has 0 saturated heterocycles. The van der Waals surface area contributed by atoms with Gasteiger partial charge in [-0.15, -0.1) is 0 Å². The standard InChI is InChI=1S/C23H17BrCl2N2O5/c24-15-8-3-2-7-14(15)21(29)28-19(23(31)33-32)12-13-6-1-4-11-18(13)27-22(30)20-16(25)9-5-10-17(20)26/h1-11,19,32H,12H2,(H,27,30)(H,28,29). The van der Waals surface area contributed by atoms with Crippen molar-refractivity contribution in [1.29, 1.82) is 0 Å². The normalized spacial score (nSPS) is 11.4. The molecule has 10 heteroatoms. The van der Waals surface area contributed by atoms with Gasteiger partial charge in [-0.25, -0.2) is 4.79 Å². The third-order valence-corrected chi connectivity index (χ3v) is 6.00. The van der Waals surface area contributed by atoms with Crippen molar-refractivity contribution in [2.45, 2.75) is 12.5 Å². The van der Waals surface area contributed by atoms with Crippen LogP contribution in [0, 0.1) is 0 Å². The van der Waals surface area contributed by atoms with Crippen LogP contribution in [0.1, 0.15) is 26.3 Å². The number of nitrogens with one attached hydrogen (secondary N) is 2. The zero-order valence-corrected chi connectivity index (χ0v) is 19.9. The number of rotatable bonds is 7. The number of hydrogen-bond donors (Lipinski definition) is 3. The van der Waals surface area contributed by atoms with Crippen LogP contribution in [0.15, 0.2) is 71.2 Å². The van der Waals surface area contributed by atoms with Crippen molar-refractivity contribution in [2.24, 2.45) is 0 Å². The molecule has 0 spiro atoms. The van der Waals surface area contributed by atoms with E-state index in [1.807, 2.05) is 0 Å². The second-order valence-corrected chi connectivity index (χ2v) is 8.50. The molecule has 2 amide bonds. The highest BCUT2D eigenvalue weighted by Gasteiger charge is 2.26. The molecule has 1 atom stereocenters. The summed E-state index contributed by atoms with van der Waals surface area (Å²) in [6.45, 7) is 0. The van der Waals surface area contributed by atoms with E-state index in [2.05, 4.69) is 31.5 Å². The SMILES string of the molecule is O=C(NC(Cc1ccccc1NC(=O)c1c(Cl)cccc1Cl)C(=O)OO)c1ccccc1Br. The molecule has 3 N–H and O–H groups in total. The molecule has 0 aliphatic rings. The quantitative estimate of drug-likeness (QED) is 0.270. The highest BCUT2D eigenvalue weighted by molar-refractivity contribution is 9.10. The minimum Gasteiger partial charge on any atom is -0.338 e. The molecule has 3 rings (SSSR count). The summed E-state index contributed by atoms with van der Waals surface area (Å²) >= 11 is 15.5. The fourth-order valence-electron chi connectivity index (χ4n) is 3.08. The van der Waals surface area contributed by atoms with Gasteiger partial charge in [-0.05, 0) is 51.8 Å². The Morgan fingerprint density at radius 2 is 1.55 bits per heavy atom. The Morgan fingerprint density at radius 3 is 2.21 bits per heavy atom. The summed E-state index contributed by atoms with van der Waals surface area (Å²) in [4.78, 5) is 41.6. The average Bonchev–Trinajstić information content (AvgIpc) is 2.79. The molecule has 7 nitrogen and oxygen atoms in total. The first-order chi connectivity index (χ1) is 15.8. The van der Waals surface area contributed by atoms with Crippen LogP contribution in [0.4, 0.5) is 5.69 Å². The molecule has 0 bridgehead atoms. The summed E-state index contributed by atoms with van der Waals surface area (Å²) in [5, 5.41) is 14.6. The molecule has 0 heterocycles. The van der Waals surface area contributed by atoms with Gasteiger partial charge in [0.25, 0.3) is 11.8 Å². The van der Waals surface area contributed by atoms with Crippen molar-refractivity contribution in [1.82, 2.24) is 5.32 Å². The molecule has 0 radical (unpaired) electrons. The van der Waals surface area contributed by atoms with Crippen LogP contribution >= 0.6 is 39.1 Å². The Hall–Kier alpha value is -2.91. The number of amides is 2. The smallest absolute Gasteiger partial charge is 0.338 e. The van der Waals surface area contributed by atoms with Crippen LogP contribution in [0.3, 0.4) is 0 Å². The minimum absolute atomic E-state index is 0.0811. The molecule has 3 aromatic carbocycles. The topological polar surface area (TPSA) is 105 Å². The molecule has 3 aromatic rings. The van der Waals surface area contributed by atoms with Crippen LogP contribution < -0.4 is 10.6 Å². The van der Waals surface area contributed by atoms with Crippen LogP contribution in [0.25, 0.3) is 0 Å². The molecule has 0 saturated carbocycles. The first kappa shape index (κ1) is 24.7. The molecule has 0 fully saturated rings. The summed E-state index contributed by atoms with van der Waals surface area (Å²) in [6, 6.07) is 16.8. The Labute approximate surface area is 207 Å². The minimum atomic E-state index is -1.24. The predicted molar refractivity (Wildman–Crippen MR) is 129 cm³/mol. The highest BCUT2D eigenvalue weighted by Crippen LogP contribution is 2.26. The van der Waals surface area contributed by atoms with E-state index < -0.39 is 23.8 Å². The first-order valence-corrected chi connectivity index (χ1v) is 11.1. The van der Waals surface area contributed by atoms with Crippen molar-refractivity contribution < 1.29 is 24.5 Å². The van der Waals surface area contributed by atoms with Gasteiger partial charge in [0.2, 0.25) is 0 Å². The molecule has 33 heavy (non-hydrogen) atoms. The van der Waals surface area contributed by atoms with Crippen molar-refractivity contribution in [3.05, 3.63) is 97.9 Å². The Balaban J connectivity index is 1.84. The zero-order chi connectivity index (χ0) is 24.0. The maximum atomic E-state index is 12.8. The van der Waals surface area contributed by atoms with E-state index in [4.69, 9.17) is 28.5 Å². The third-order valence-electron chi connectivity index (χ3n) is 4.68. The van der Waals surface area contributed by atoms with E-state index in [1.54, 1.807) is 66.7 Å². The van der Waals surface area contributed by atoms with Gasteiger partial charge in [-0.2, -0.15) is 5.26 Å². The van der Waals surface area contributed by atoms with Crippen LogP contribution in [0.2, 0.25) is 10.0 Å². The molecule has 1 unspecified atom stereocenters. The highest BCUT2D eigenvalue weighted by atomic mass is 79.9. The summed E-state index contributed by atoms with van der Waals surface area (Å²) in [5.74, 6) is -2.16. The Morgan fingerprint density at radius 1 is 0.909 bits per heavy atom. The van der Waals surface area contributed by atoms with Crippen LogP contribution in [0.5, 0.6) is 0 Å². The second kappa shape index (κ2) is 11.3. The van der Waals surface area contributed by atoms with E-state index in [1.165, 1.54) is 0 Å². The molecule has 0 aromatic heterocycles. The number of anilines is 1. The van der Waals surface area contributed by atoms with E-state index >= 15 is 0 Å². The molecule has 0 aliphatic carbocycles. The van der Waals surface area contributed by atoms with Crippen molar-refractivity contribution >= 4 is 62.6 Å². The molecule has 0 aliphatic heterocycles. The number of carbonyl (C=O) groups is 3. The number of hydrogen-bond acceptors (Lipinski definition) is 5. The van der Waals surface area contributed by atoms with E-state index in [0.29, 0.717) is 21.3 Å². The van der Waals surface area contributed by atoms with Gasteiger partial charge in [0.15, 0.2) is 0 Å². The van der Waals surface area contributed by atoms with Crippen LogP contribution in [-0.4, -0.2) is 29.1 Å². The second-order valence-electron chi connectivity index (χ2n) is 6.83. The average molecular weight is 552 g/mol. The fourth-order valence-corrected chi connectivity index (χ4v) is 4.11. The van der Waals surface area contributed by atoms with Gasteiger partial charge in [0, 0.05) is 16.6 Å². The maximum absolute atomic E-state index is 12.8. The Bertz CT molecular complexity index is 1180. The van der Waals surface area contributed by atoms with Gasteiger partial charge in [-0.3, -0.25) is 14.5 Å². The van der Waals surface area contributed by atoms with Crippen molar-refractivity contribution in [3.63, 3.8) is 0 Å². The predicted octanol–water partition coefficient (Wildman–Crippen LogP) is 5.37. The maximum Gasteiger partial charge on any atom is 0.364 e. The Kier molecular flexibility index (Phi) is 8.46. The van der Waals surface area contributed by atoms with Gasteiger partial charge in [0.05, 0.1) is 21.2 Å². The van der Waals surface area contributed by atoms with Crippen molar-refractivity contribution in [3.8, 4) is 0 Å². The lowest BCUT2D eigenvalue weighted by Gasteiger charge is -2.18. The summed E-state index contributed by atoms with van der Waals surface area (Å²) in [7, 11) is 0. The largest absolute Gasteiger partial charge is 0.364 e. The lowest BCUT2D eigenvalue weighted by Crippen LogP contribution is -2.43. The fraction of sp³-hybridized carbons (Fsp3) is 0.0870. The molecule has 170 valence electrons. The van der Waals surface area contributed by atoms with Gasteiger partial charge in [-0.1, -0.05) is 59.6 Å². The zero-order valence-electron chi connectivity index (χ0n) is 16.8. The lowest BCUT2D eigenvalue weighted by atomic mass is 10.0. The first-order valence-electron chi connectivity index (χ1n) is 9.55. The summed E-state index contributed by atoms with van der Waals surface area (Å²) < 4.78 is 0.530. The van der Waals surface area contributed by atoms with E-state index in [0.717, 1.165) is 0 Å². The van der Waals surface area contributed by atoms with Crippen LogP contribution in [-0.2, 0) is 16.1 Å². The van der Waals surface area contributed by atoms with Gasteiger partial charge < -0.3 is 10.6 Å². The number of benzene rings is 3. The van der Waals surface area contributed by atoms with Gasteiger partial charge in [0.1, 0.15) is 6.04 Å². The number of carbonyl (C=O) groups excluding carboxylic acids is 3. The third kappa shape index (κ3) is 6.11. The van der Waals surface area contributed by atoms with Gasteiger partial charge >= 0.3 is 5.97 Å². The number of halogens is 3. The molecular formula is C23H17BrCl2N2O5. The lowest BCUT2D eigenvalue weighted by molar-refractivity contribution is -0.236. The van der Waals surface area contributed by atoms with Crippen molar-refractivity contribution in [2.75, 3.05) is 5.32 Å². The summed E-state index contributed by atoms with van der Waals surface area (Å²) in [6.07, 6.45) is -0.0811. The monoisotopic (exact) mass is 550 g/mol. The van der Waals surface area contributed by atoms with E-state index in [9.17, 15) is 14.4 Å².